The van der Waals surface area contributed by atoms with E-state index in [1.807, 2.05) is 0 Å². The SMILES string of the molecule is O=C(CCl)NNC(=O)c1cncc(Br)c1. The van der Waals surface area contributed by atoms with E-state index in [0.29, 0.717) is 10.0 Å². The average molecular weight is 293 g/mol. The van der Waals surface area contributed by atoms with E-state index in [-0.39, 0.29) is 5.88 Å². The Hall–Kier alpha value is -1.14. The molecule has 0 spiro atoms. The van der Waals surface area contributed by atoms with Crippen molar-refractivity contribution in [3.63, 3.8) is 0 Å². The Balaban J connectivity index is 2.58. The first kappa shape index (κ1) is 11.9. The molecule has 15 heavy (non-hydrogen) atoms. The summed E-state index contributed by atoms with van der Waals surface area (Å²) in [7, 11) is 0. The zero-order valence-electron chi connectivity index (χ0n) is 7.46. The molecule has 2 amide bonds. The van der Waals surface area contributed by atoms with Gasteiger partial charge in [0, 0.05) is 16.9 Å². The minimum absolute atomic E-state index is 0.211. The van der Waals surface area contributed by atoms with Crippen molar-refractivity contribution < 1.29 is 9.59 Å². The largest absolute Gasteiger partial charge is 0.272 e. The van der Waals surface area contributed by atoms with E-state index in [1.54, 1.807) is 12.3 Å². The van der Waals surface area contributed by atoms with Gasteiger partial charge in [0.2, 0.25) is 0 Å². The maximum atomic E-state index is 11.4. The third kappa shape index (κ3) is 3.85. The van der Waals surface area contributed by atoms with Crippen molar-refractivity contribution >= 4 is 39.3 Å². The van der Waals surface area contributed by atoms with Crippen LogP contribution in [-0.4, -0.2) is 22.7 Å². The first-order chi connectivity index (χ1) is 7.13. The summed E-state index contributed by atoms with van der Waals surface area (Å²) >= 11 is 8.40. The zero-order valence-corrected chi connectivity index (χ0v) is 9.80. The van der Waals surface area contributed by atoms with E-state index < -0.39 is 11.8 Å². The van der Waals surface area contributed by atoms with Gasteiger partial charge in [-0.3, -0.25) is 25.4 Å². The summed E-state index contributed by atoms with van der Waals surface area (Å²) in [6, 6.07) is 1.58. The van der Waals surface area contributed by atoms with Crippen molar-refractivity contribution in [2.24, 2.45) is 0 Å². The monoisotopic (exact) mass is 291 g/mol. The van der Waals surface area contributed by atoms with E-state index in [0.717, 1.165) is 0 Å². The van der Waals surface area contributed by atoms with Gasteiger partial charge in [-0.2, -0.15) is 0 Å². The van der Waals surface area contributed by atoms with Crippen LogP contribution in [-0.2, 0) is 4.79 Å². The van der Waals surface area contributed by atoms with Crippen LogP contribution in [0.3, 0.4) is 0 Å². The second-order valence-electron chi connectivity index (χ2n) is 2.53. The fourth-order valence-corrected chi connectivity index (χ4v) is 1.20. The van der Waals surface area contributed by atoms with Crippen LogP contribution in [0.1, 0.15) is 10.4 Å². The number of pyridine rings is 1. The quantitative estimate of drug-likeness (QED) is 0.627. The Morgan fingerprint density at radius 1 is 1.40 bits per heavy atom. The number of rotatable bonds is 2. The molecule has 1 aromatic rings. The molecule has 1 aromatic heterocycles. The first-order valence-electron chi connectivity index (χ1n) is 3.89. The standard InChI is InChI=1S/C8H7BrClN3O2/c9-6-1-5(3-11-4-6)8(15)13-12-7(14)2-10/h1,3-4H,2H2,(H,12,14)(H,13,15). The predicted octanol–water partition coefficient (Wildman–Crippen LogP) is 0.844. The van der Waals surface area contributed by atoms with E-state index in [2.05, 4.69) is 31.8 Å². The molecule has 80 valence electrons. The van der Waals surface area contributed by atoms with Crippen molar-refractivity contribution in [2.75, 3.05) is 5.88 Å². The molecule has 0 unspecified atom stereocenters. The number of amides is 2. The van der Waals surface area contributed by atoms with Gasteiger partial charge in [0.05, 0.1) is 5.56 Å². The minimum Gasteiger partial charge on any atom is -0.272 e. The molecule has 0 radical (unpaired) electrons. The molecule has 0 saturated carbocycles. The maximum absolute atomic E-state index is 11.4. The highest BCUT2D eigenvalue weighted by Crippen LogP contribution is 2.08. The second-order valence-corrected chi connectivity index (χ2v) is 3.71. The van der Waals surface area contributed by atoms with E-state index in [1.165, 1.54) is 6.20 Å². The summed E-state index contributed by atoms with van der Waals surface area (Å²) in [6.45, 7) is 0. The summed E-state index contributed by atoms with van der Waals surface area (Å²) < 4.78 is 0.679. The van der Waals surface area contributed by atoms with Gasteiger partial charge in [-0.05, 0) is 22.0 Å². The minimum atomic E-state index is -0.479. The number of carbonyl (C=O) groups is 2. The van der Waals surface area contributed by atoms with Gasteiger partial charge >= 0.3 is 0 Å². The predicted molar refractivity (Wildman–Crippen MR) is 58.3 cm³/mol. The summed E-state index contributed by atoms with van der Waals surface area (Å²) in [5.41, 5.74) is 4.66. The Kier molecular flexibility index (Phi) is 4.51. The molecule has 2 N–H and O–H groups in total. The fraction of sp³-hybridized carbons (Fsp3) is 0.125. The Morgan fingerprint density at radius 2 is 2.13 bits per heavy atom. The number of hydrazine groups is 1. The zero-order chi connectivity index (χ0) is 11.3. The molecule has 0 atom stereocenters. The number of hydrogen-bond acceptors (Lipinski definition) is 3. The van der Waals surface area contributed by atoms with Crippen molar-refractivity contribution in [2.45, 2.75) is 0 Å². The third-order valence-electron chi connectivity index (χ3n) is 1.40. The normalized spacial score (nSPS) is 9.47. The second kappa shape index (κ2) is 5.67. The van der Waals surface area contributed by atoms with Crippen LogP contribution in [0.4, 0.5) is 0 Å². The molecule has 5 nitrogen and oxygen atoms in total. The summed E-state index contributed by atoms with van der Waals surface area (Å²) in [4.78, 5) is 25.9. The highest BCUT2D eigenvalue weighted by Gasteiger charge is 2.06. The maximum Gasteiger partial charge on any atom is 0.271 e. The van der Waals surface area contributed by atoms with Gasteiger partial charge in [-0.15, -0.1) is 11.6 Å². The van der Waals surface area contributed by atoms with Crippen LogP contribution in [0.5, 0.6) is 0 Å². The molecule has 0 aromatic carbocycles. The Morgan fingerprint density at radius 3 is 2.73 bits per heavy atom. The molecule has 0 aliphatic carbocycles. The van der Waals surface area contributed by atoms with E-state index >= 15 is 0 Å². The van der Waals surface area contributed by atoms with Gasteiger partial charge in [-0.25, -0.2) is 0 Å². The van der Waals surface area contributed by atoms with E-state index in [9.17, 15) is 9.59 Å². The molecule has 0 aliphatic heterocycles. The molecule has 7 heteroatoms. The number of aromatic nitrogens is 1. The molecule has 0 saturated heterocycles. The number of hydrogen-bond donors (Lipinski definition) is 2. The number of alkyl halides is 1. The van der Waals surface area contributed by atoms with Gasteiger partial charge in [0.15, 0.2) is 0 Å². The summed E-state index contributed by atoms with van der Waals surface area (Å²) in [5.74, 6) is -1.15. The van der Waals surface area contributed by atoms with Crippen LogP contribution >= 0.6 is 27.5 Å². The topological polar surface area (TPSA) is 71.1 Å². The van der Waals surface area contributed by atoms with Crippen molar-refractivity contribution in [1.82, 2.24) is 15.8 Å². The highest BCUT2D eigenvalue weighted by atomic mass is 79.9. The molecule has 0 aliphatic rings. The van der Waals surface area contributed by atoms with Crippen LogP contribution < -0.4 is 10.9 Å². The lowest BCUT2D eigenvalue weighted by Crippen LogP contribution is -2.42. The van der Waals surface area contributed by atoms with Gasteiger partial charge in [0.1, 0.15) is 5.88 Å². The van der Waals surface area contributed by atoms with Crippen molar-refractivity contribution in [3.05, 3.63) is 28.5 Å². The Labute approximate surface area is 99.3 Å². The highest BCUT2D eigenvalue weighted by molar-refractivity contribution is 9.10. The molecular weight excluding hydrogens is 285 g/mol. The number of nitrogens with one attached hydrogen (secondary N) is 2. The number of halogens is 2. The summed E-state index contributed by atoms with van der Waals surface area (Å²) in [5, 5.41) is 0. The van der Waals surface area contributed by atoms with Gasteiger partial charge in [-0.1, -0.05) is 0 Å². The van der Waals surface area contributed by atoms with Crippen molar-refractivity contribution in [1.29, 1.82) is 0 Å². The van der Waals surface area contributed by atoms with Crippen molar-refractivity contribution in [3.8, 4) is 0 Å². The molecule has 1 heterocycles. The summed E-state index contributed by atoms with van der Waals surface area (Å²) in [6.07, 6.45) is 2.93. The lowest BCUT2D eigenvalue weighted by atomic mass is 10.3. The number of nitrogens with zero attached hydrogens (tertiary/aromatic N) is 1. The average Bonchev–Trinajstić information content (AvgIpc) is 2.25. The number of carbonyl (C=O) groups excluding carboxylic acids is 2. The molecule has 1 rings (SSSR count). The lowest BCUT2D eigenvalue weighted by Gasteiger charge is -2.05. The van der Waals surface area contributed by atoms with Crippen LogP contribution in [0, 0.1) is 0 Å². The lowest BCUT2D eigenvalue weighted by molar-refractivity contribution is -0.119. The molecule has 0 bridgehead atoms. The molecule has 0 fully saturated rings. The Bertz CT molecular complexity index is 386. The van der Waals surface area contributed by atoms with Gasteiger partial charge < -0.3 is 0 Å². The molecular formula is C8H7BrClN3O2. The van der Waals surface area contributed by atoms with Gasteiger partial charge in [0.25, 0.3) is 11.8 Å². The third-order valence-corrected chi connectivity index (χ3v) is 2.08. The smallest absolute Gasteiger partial charge is 0.271 e. The fourth-order valence-electron chi connectivity index (χ4n) is 0.768. The van der Waals surface area contributed by atoms with Crippen LogP contribution in [0.15, 0.2) is 22.9 Å². The van der Waals surface area contributed by atoms with E-state index in [4.69, 9.17) is 11.6 Å². The van der Waals surface area contributed by atoms with Crippen LogP contribution in [0.2, 0.25) is 0 Å². The first-order valence-corrected chi connectivity index (χ1v) is 5.22. The van der Waals surface area contributed by atoms with Crippen LogP contribution in [0.25, 0.3) is 0 Å².